The third kappa shape index (κ3) is 38.3. The number of rotatable bonds is 34. The van der Waals surface area contributed by atoms with Gasteiger partial charge in [-0.05, 0) is 57.4 Å². The van der Waals surface area contributed by atoms with Gasteiger partial charge in [-0.2, -0.15) is 0 Å². The number of aliphatic hydroxyl groups is 1. The van der Waals surface area contributed by atoms with Gasteiger partial charge in [0.1, 0.15) is 6.61 Å². The van der Waals surface area contributed by atoms with E-state index in [-0.39, 0.29) is 19.4 Å². The summed E-state index contributed by atoms with van der Waals surface area (Å²) in [6.45, 7) is 3.72. The normalized spacial score (nSPS) is 14.2. The van der Waals surface area contributed by atoms with Crippen LogP contribution in [0.3, 0.4) is 0 Å². The standard InChI is InChI=1S/C41H69O8P/c1-3-5-7-9-11-13-15-17-19-20-21-23-25-27-29-31-33-39(42)34-35-41(43)48-37-40(38-49-50(44,45)46)47-36-32-30-28-26-24-22-18-16-14-12-10-8-6-4-2/h5,7,11,13,17,19,21,23,27,29,31-33,36,39-40,42H,3-4,6,8-10,12,14-16,18,20,22,24-26,28,30,34-35,37-38H2,1-2H3,(H2,44,45,46)/b7-5-,13-11-,19-17-,23-21-,29-27-,33-31-,36-32+/t39?,40-/m1/s1. The van der Waals surface area contributed by atoms with Gasteiger partial charge in [0.2, 0.25) is 0 Å². The first-order valence-corrected chi connectivity index (χ1v) is 20.6. The molecule has 3 N–H and O–H groups in total. The maximum atomic E-state index is 12.2. The van der Waals surface area contributed by atoms with E-state index in [0.717, 1.165) is 51.4 Å². The lowest BCUT2D eigenvalue weighted by Crippen LogP contribution is -2.25. The number of carbonyl (C=O) groups excluding carboxylic acids is 1. The van der Waals surface area contributed by atoms with E-state index in [2.05, 4.69) is 67.0 Å². The molecule has 0 aromatic heterocycles. The van der Waals surface area contributed by atoms with Gasteiger partial charge in [-0.25, -0.2) is 4.57 Å². The molecule has 2 atom stereocenters. The smallest absolute Gasteiger partial charge is 0.469 e. The number of carbonyl (C=O) groups is 1. The van der Waals surface area contributed by atoms with Crippen LogP contribution >= 0.6 is 7.82 Å². The van der Waals surface area contributed by atoms with Crippen molar-refractivity contribution in [3.63, 3.8) is 0 Å². The van der Waals surface area contributed by atoms with Crippen LogP contribution in [0.5, 0.6) is 0 Å². The predicted octanol–water partition coefficient (Wildman–Crippen LogP) is 11.1. The summed E-state index contributed by atoms with van der Waals surface area (Å²) in [5, 5.41) is 10.2. The van der Waals surface area contributed by atoms with Crippen molar-refractivity contribution in [3.05, 3.63) is 85.3 Å². The van der Waals surface area contributed by atoms with Crippen molar-refractivity contribution < 1.29 is 38.3 Å². The fourth-order valence-corrected chi connectivity index (χ4v) is 5.13. The van der Waals surface area contributed by atoms with Crippen LogP contribution in [0.1, 0.15) is 142 Å². The summed E-state index contributed by atoms with van der Waals surface area (Å²) in [5.74, 6) is -0.544. The van der Waals surface area contributed by atoms with E-state index in [1.807, 2.05) is 18.2 Å². The lowest BCUT2D eigenvalue weighted by Gasteiger charge is -2.17. The van der Waals surface area contributed by atoms with Gasteiger partial charge in [0.05, 0.1) is 19.0 Å². The van der Waals surface area contributed by atoms with E-state index in [4.69, 9.17) is 19.3 Å². The number of phosphoric ester groups is 1. The Kier molecular flexibility index (Phi) is 34.5. The van der Waals surface area contributed by atoms with Gasteiger partial charge in [-0.3, -0.25) is 9.32 Å². The van der Waals surface area contributed by atoms with Gasteiger partial charge >= 0.3 is 13.8 Å². The summed E-state index contributed by atoms with van der Waals surface area (Å²) in [7, 11) is -4.70. The molecule has 0 aromatic rings. The molecule has 0 aromatic carbocycles. The maximum absolute atomic E-state index is 12.2. The van der Waals surface area contributed by atoms with E-state index in [9.17, 15) is 14.5 Å². The third-order valence-corrected chi connectivity index (χ3v) is 8.15. The molecule has 0 bridgehead atoms. The molecule has 0 aliphatic rings. The highest BCUT2D eigenvalue weighted by atomic mass is 31.2. The summed E-state index contributed by atoms with van der Waals surface area (Å²) in [4.78, 5) is 30.4. The molecule has 0 radical (unpaired) electrons. The van der Waals surface area contributed by atoms with Crippen LogP contribution in [-0.2, 0) is 23.4 Å². The zero-order valence-corrected chi connectivity index (χ0v) is 32.0. The first-order valence-electron chi connectivity index (χ1n) is 19.1. The highest BCUT2D eigenvalue weighted by Gasteiger charge is 2.20. The van der Waals surface area contributed by atoms with Gasteiger partial charge < -0.3 is 24.4 Å². The zero-order valence-electron chi connectivity index (χ0n) is 31.1. The number of allylic oxidation sites excluding steroid dienone is 12. The van der Waals surface area contributed by atoms with Gasteiger partial charge in [-0.15, -0.1) is 0 Å². The van der Waals surface area contributed by atoms with Crippen LogP contribution in [0, 0.1) is 0 Å². The van der Waals surface area contributed by atoms with Crippen molar-refractivity contribution in [2.75, 3.05) is 13.2 Å². The first-order chi connectivity index (χ1) is 24.3. The summed E-state index contributed by atoms with van der Waals surface area (Å²) in [6.07, 6.45) is 47.1. The maximum Gasteiger partial charge on any atom is 0.469 e. The fraction of sp³-hybridized carbons (Fsp3) is 0.634. The van der Waals surface area contributed by atoms with Crippen LogP contribution in [-0.4, -0.2) is 46.3 Å². The van der Waals surface area contributed by atoms with Crippen molar-refractivity contribution in [1.29, 1.82) is 0 Å². The topological polar surface area (TPSA) is 123 Å². The van der Waals surface area contributed by atoms with Gasteiger partial charge in [0.15, 0.2) is 6.10 Å². The Morgan fingerprint density at radius 2 is 1.18 bits per heavy atom. The largest absolute Gasteiger partial charge is 0.492 e. The molecular formula is C41H69O8P. The lowest BCUT2D eigenvalue weighted by atomic mass is 10.0. The Morgan fingerprint density at radius 3 is 1.72 bits per heavy atom. The van der Waals surface area contributed by atoms with Crippen molar-refractivity contribution in [2.45, 2.75) is 154 Å². The number of unbranched alkanes of at least 4 members (excludes halogenated alkanes) is 12. The molecule has 9 heteroatoms. The highest BCUT2D eigenvalue weighted by Crippen LogP contribution is 2.35. The molecule has 0 saturated carbocycles. The molecule has 0 rings (SSSR count). The summed E-state index contributed by atoms with van der Waals surface area (Å²) < 4.78 is 26.5. The quantitative estimate of drug-likeness (QED) is 0.0150. The average Bonchev–Trinajstić information content (AvgIpc) is 3.09. The van der Waals surface area contributed by atoms with Crippen LogP contribution in [0.25, 0.3) is 0 Å². The van der Waals surface area contributed by atoms with Crippen LogP contribution in [0.15, 0.2) is 85.3 Å². The van der Waals surface area contributed by atoms with Gasteiger partial charge in [0.25, 0.3) is 0 Å². The van der Waals surface area contributed by atoms with Crippen molar-refractivity contribution in [1.82, 2.24) is 0 Å². The molecule has 0 saturated heterocycles. The van der Waals surface area contributed by atoms with E-state index in [1.165, 1.54) is 70.5 Å². The number of phosphoric acid groups is 1. The Balaban J connectivity index is 4.16. The summed E-state index contributed by atoms with van der Waals surface area (Å²) in [6, 6.07) is 0. The molecule has 0 amide bonds. The first kappa shape index (κ1) is 47.5. The molecule has 0 heterocycles. The van der Waals surface area contributed by atoms with Gasteiger partial charge in [0, 0.05) is 6.42 Å². The second-order valence-electron chi connectivity index (χ2n) is 12.4. The molecule has 0 fully saturated rings. The molecule has 0 aliphatic heterocycles. The summed E-state index contributed by atoms with van der Waals surface area (Å²) >= 11 is 0. The molecule has 286 valence electrons. The van der Waals surface area contributed by atoms with E-state index in [0.29, 0.717) is 0 Å². The SMILES string of the molecule is CC/C=C\C/C=C\C/C=C\C/C=C\C/C=C\C=C/C(O)CCC(=O)OC[C@H](COP(=O)(O)O)O/C=C/CCCCCCCCCCCCCC. The second kappa shape index (κ2) is 36.3. The zero-order chi connectivity index (χ0) is 36.8. The Labute approximate surface area is 304 Å². The summed E-state index contributed by atoms with van der Waals surface area (Å²) in [5.41, 5.74) is 0. The molecule has 0 aliphatic carbocycles. The minimum absolute atomic E-state index is 0.0158. The predicted molar refractivity (Wildman–Crippen MR) is 208 cm³/mol. The van der Waals surface area contributed by atoms with E-state index in [1.54, 1.807) is 12.2 Å². The minimum Gasteiger partial charge on any atom is -0.492 e. The Hall–Kier alpha value is -2.48. The number of hydrogen-bond acceptors (Lipinski definition) is 6. The van der Waals surface area contributed by atoms with Crippen LogP contribution in [0.2, 0.25) is 0 Å². The lowest BCUT2D eigenvalue weighted by molar-refractivity contribution is -0.147. The molecular weight excluding hydrogens is 651 g/mol. The number of esters is 1. The number of hydrogen-bond donors (Lipinski definition) is 3. The molecule has 50 heavy (non-hydrogen) atoms. The Bertz CT molecular complexity index is 1040. The number of ether oxygens (including phenoxy) is 2. The monoisotopic (exact) mass is 720 g/mol. The molecule has 1 unspecified atom stereocenters. The Morgan fingerprint density at radius 1 is 0.660 bits per heavy atom. The second-order valence-corrected chi connectivity index (χ2v) is 13.7. The van der Waals surface area contributed by atoms with Gasteiger partial charge in [-0.1, -0.05) is 157 Å². The van der Waals surface area contributed by atoms with Crippen molar-refractivity contribution in [3.8, 4) is 0 Å². The third-order valence-electron chi connectivity index (χ3n) is 7.67. The molecule has 0 spiro atoms. The van der Waals surface area contributed by atoms with E-state index >= 15 is 0 Å². The number of aliphatic hydroxyl groups excluding tert-OH is 1. The average molecular weight is 721 g/mol. The van der Waals surface area contributed by atoms with Crippen molar-refractivity contribution >= 4 is 13.8 Å². The van der Waals surface area contributed by atoms with Crippen LogP contribution < -0.4 is 0 Å². The van der Waals surface area contributed by atoms with E-state index < -0.39 is 32.6 Å². The van der Waals surface area contributed by atoms with Crippen LogP contribution in [0.4, 0.5) is 0 Å². The highest BCUT2D eigenvalue weighted by molar-refractivity contribution is 7.46. The van der Waals surface area contributed by atoms with Crippen molar-refractivity contribution in [2.24, 2.45) is 0 Å². The fourth-order valence-electron chi connectivity index (χ4n) is 4.77. The molecule has 8 nitrogen and oxygen atoms in total. The minimum atomic E-state index is -4.70.